The maximum atomic E-state index is 11.1. The summed E-state index contributed by atoms with van der Waals surface area (Å²) in [4.78, 5) is 0. The predicted molar refractivity (Wildman–Crippen MR) is 96.1 cm³/mol. The minimum Gasteiger partial charge on any atom is -0.496 e. The standard InChI is InChI=1S/C20H32O4/c1-5-6-7-8-15(2)16-13-17(22-3)19(18(14-16)23-4)20(21)9-11-24-12-10-20/h13-15,21H,5-12H2,1-4H3. The Morgan fingerprint density at radius 2 is 1.71 bits per heavy atom. The van der Waals surface area contributed by atoms with Crippen LogP contribution in [0.15, 0.2) is 12.1 Å². The molecule has 4 heteroatoms. The fourth-order valence-electron chi connectivity index (χ4n) is 3.50. The van der Waals surface area contributed by atoms with Gasteiger partial charge in [-0.15, -0.1) is 0 Å². The Bertz CT molecular complexity index is 495. The van der Waals surface area contributed by atoms with Crippen LogP contribution < -0.4 is 9.47 Å². The molecule has 1 fully saturated rings. The van der Waals surface area contributed by atoms with Crippen LogP contribution in [0.2, 0.25) is 0 Å². The average molecular weight is 336 g/mol. The lowest BCUT2D eigenvalue weighted by atomic mass is 9.83. The summed E-state index contributed by atoms with van der Waals surface area (Å²) in [6.07, 6.45) is 5.99. The van der Waals surface area contributed by atoms with Crippen molar-refractivity contribution in [2.45, 2.75) is 63.9 Å². The van der Waals surface area contributed by atoms with Gasteiger partial charge in [0.15, 0.2) is 0 Å². The first-order chi connectivity index (χ1) is 11.6. The molecule has 0 amide bonds. The minimum absolute atomic E-state index is 0.442. The third-order valence-electron chi connectivity index (χ3n) is 5.12. The van der Waals surface area contributed by atoms with Crippen molar-refractivity contribution in [2.75, 3.05) is 27.4 Å². The number of unbranched alkanes of at least 4 members (excludes halogenated alkanes) is 2. The Hall–Kier alpha value is -1.26. The molecule has 4 nitrogen and oxygen atoms in total. The summed E-state index contributed by atoms with van der Waals surface area (Å²) >= 11 is 0. The first-order valence-corrected chi connectivity index (χ1v) is 9.12. The van der Waals surface area contributed by atoms with Crippen molar-refractivity contribution >= 4 is 0 Å². The minimum atomic E-state index is -0.946. The van der Waals surface area contributed by atoms with E-state index < -0.39 is 5.60 Å². The Morgan fingerprint density at radius 3 is 2.21 bits per heavy atom. The normalized spacial score (nSPS) is 18.2. The molecule has 0 aliphatic carbocycles. The van der Waals surface area contributed by atoms with E-state index in [1.165, 1.54) is 24.8 Å². The summed E-state index contributed by atoms with van der Waals surface area (Å²) in [6.45, 7) is 5.57. The first-order valence-electron chi connectivity index (χ1n) is 9.12. The molecule has 1 heterocycles. The molecule has 0 bridgehead atoms. The second-order valence-electron chi connectivity index (χ2n) is 6.84. The highest BCUT2D eigenvalue weighted by Gasteiger charge is 2.37. The molecule has 1 saturated heterocycles. The van der Waals surface area contributed by atoms with Crippen LogP contribution in [0, 0.1) is 0 Å². The number of benzene rings is 1. The first kappa shape index (κ1) is 19.1. The third-order valence-corrected chi connectivity index (χ3v) is 5.12. The van der Waals surface area contributed by atoms with Crippen LogP contribution in [0.1, 0.15) is 69.4 Å². The number of ether oxygens (including phenoxy) is 3. The van der Waals surface area contributed by atoms with Gasteiger partial charge < -0.3 is 19.3 Å². The van der Waals surface area contributed by atoms with E-state index in [4.69, 9.17) is 14.2 Å². The number of rotatable bonds is 8. The molecule has 1 aromatic carbocycles. The highest BCUT2D eigenvalue weighted by Crippen LogP contribution is 2.45. The van der Waals surface area contributed by atoms with Crippen LogP contribution in [0.3, 0.4) is 0 Å². The SMILES string of the molecule is CCCCCC(C)c1cc(OC)c(C2(O)CCOCC2)c(OC)c1. The van der Waals surface area contributed by atoms with Crippen LogP contribution in [0.4, 0.5) is 0 Å². The summed E-state index contributed by atoms with van der Waals surface area (Å²) in [5, 5.41) is 11.1. The molecule has 0 spiro atoms. The van der Waals surface area contributed by atoms with E-state index in [9.17, 15) is 5.11 Å². The maximum Gasteiger partial charge on any atom is 0.128 e. The van der Waals surface area contributed by atoms with Crippen molar-refractivity contribution < 1.29 is 19.3 Å². The highest BCUT2D eigenvalue weighted by molar-refractivity contribution is 5.52. The molecule has 1 atom stereocenters. The number of aliphatic hydroxyl groups is 1. The van der Waals surface area contributed by atoms with Gasteiger partial charge in [-0.25, -0.2) is 0 Å². The zero-order valence-electron chi connectivity index (χ0n) is 15.6. The molecule has 1 aliphatic rings. The molecule has 0 aromatic heterocycles. The Labute approximate surface area is 146 Å². The van der Waals surface area contributed by atoms with Gasteiger partial charge in [0.25, 0.3) is 0 Å². The topological polar surface area (TPSA) is 47.9 Å². The van der Waals surface area contributed by atoms with Crippen molar-refractivity contribution in [3.8, 4) is 11.5 Å². The fraction of sp³-hybridized carbons (Fsp3) is 0.700. The summed E-state index contributed by atoms with van der Waals surface area (Å²) < 4.78 is 16.7. The largest absolute Gasteiger partial charge is 0.496 e. The van der Waals surface area contributed by atoms with Crippen molar-refractivity contribution in [1.29, 1.82) is 0 Å². The molecule has 1 aromatic rings. The fourth-order valence-corrected chi connectivity index (χ4v) is 3.50. The van der Waals surface area contributed by atoms with Crippen molar-refractivity contribution in [1.82, 2.24) is 0 Å². The van der Waals surface area contributed by atoms with Crippen molar-refractivity contribution in [3.05, 3.63) is 23.3 Å². The zero-order valence-corrected chi connectivity index (χ0v) is 15.6. The van der Waals surface area contributed by atoms with Gasteiger partial charge in [-0.2, -0.15) is 0 Å². The molecule has 1 unspecified atom stereocenters. The molecule has 1 aliphatic heterocycles. The maximum absolute atomic E-state index is 11.1. The smallest absolute Gasteiger partial charge is 0.128 e. The van der Waals surface area contributed by atoms with Gasteiger partial charge in [-0.3, -0.25) is 0 Å². The van der Waals surface area contributed by atoms with E-state index in [1.807, 2.05) is 0 Å². The Balaban J connectivity index is 2.35. The van der Waals surface area contributed by atoms with Gasteiger partial charge in [0.1, 0.15) is 17.1 Å². The van der Waals surface area contributed by atoms with Crippen molar-refractivity contribution in [3.63, 3.8) is 0 Å². The van der Waals surface area contributed by atoms with Gasteiger partial charge in [0.2, 0.25) is 0 Å². The summed E-state index contributed by atoms with van der Waals surface area (Å²) in [6, 6.07) is 4.14. The summed E-state index contributed by atoms with van der Waals surface area (Å²) in [5.74, 6) is 1.88. The number of hydrogen-bond acceptors (Lipinski definition) is 4. The number of hydrogen-bond donors (Lipinski definition) is 1. The van der Waals surface area contributed by atoms with Gasteiger partial charge in [-0.05, 0) is 30.0 Å². The van der Waals surface area contributed by atoms with Crippen LogP contribution in [-0.4, -0.2) is 32.5 Å². The second kappa shape index (κ2) is 8.72. The van der Waals surface area contributed by atoms with Crippen molar-refractivity contribution in [2.24, 2.45) is 0 Å². The Kier molecular flexibility index (Phi) is 6.93. The second-order valence-corrected chi connectivity index (χ2v) is 6.84. The van der Waals surface area contributed by atoms with E-state index in [2.05, 4.69) is 26.0 Å². The van der Waals surface area contributed by atoms with Crippen LogP contribution in [0.5, 0.6) is 11.5 Å². The molecule has 136 valence electrons. The van der Waals surface area contributed by atoms with Crippen LogP contribution in [-0.2, 0) is 10.3 Å². The molecule has 1 N–H and O–H groups in total. The zero-order chi connectivity index (χ0) is 17.6. The Morgan fingerprint density at radius 1 is 1.12 bits per heavy atom. The lowest BCUT2D eigenvalue weighted by Crippen LogP contribution is -2.34. The third kappa shape index (κ3) is 4.22. The molecular weight excluding hydrogens is 304 g/mol. The molecule has 2 rings (SSSR count). The quantitative estimate of drug-likeness (QED) is 0.716. The van der Waals surface area contributed by atoms with E-state index in [0.29, 0.717) is 32.0 Å². The molecule has 0 radical (unpaired) electrons. The molecular formula is C20H32O4. The average Bonchev–Trinajstić information content (AvgIpc) is 2.61. The van der Waals surface area contributed by atoms with E-state index >= 15 is 0 Å². The van der Waals surface area contributed by atoms with E-state index in [-0.39, 0.29) is 0 Å². The monoisotopic (exact) mass is 336 g/mol. The van der Waals surface area contributed by atoms with E-state index in [0.717, 1.165) is 23.5 Å². The van der Waals surface area contributed by atoms with Gasteiger partial charge >= 0.3 is 0 Å². The molecule has 0 saturated carbocycles. The summed E-state index contributed by atoms with van der Waals surface area (Å²) in [7, 11) is 3.32. The highest BCUT2D eigenvalue weighted by atomic mass is 16.5. The lowest BCUT2D eigenvalue weighted by Gasteiger charge is -2.35. The predicted octanol–water partition coefficient (Wildman–Crippen LogP) is 4.39. The van der Waals surface area contributed by atoms with Crippen LogP contribution in [0.25, 0.3) is 0 Å². The van der Waals surface area contributed by atoms with Crippen LogP contribution >= 0.6 is 0 Å². The van der Waals surface area contributed by atoms with Gasteiger partial charge in [0, 0.05) is 26.1 Å². The van der Waals surface area contributed by atoms with Gasteiger partial charge in [0.05, 0.1) is 19.8 Å². The van der Waals surface area contributed by atoms with Gasteiger partial charge in [-0.1, -0.05) is 33.1 Å². The molecule has 24 heavy (non-hydrogen) atoms. The summed E-state index contributed by atoms with van der Waals surface area (Å²) in [5.41, 5.74) is 1.03. The number of methoxy groups -OCH3 is 2. The van der Waals surface area contributed by atoms with E-state index in [1.54, 1.807) is 14.2 Å². The lowest BCUT2D eigenvalue weighted by molar-refractivity contribution is -0.0700.